The van der Waals surface area contributed by atoms with E-state index < -0.39 is 0 Å². The number of fused-ring (bicyclic) bond motifs is 1. The van der Waals surface area contributed by atoms with Crippen molar-refractivity contribution in [2.24, 2.45) is 5.73 Å². The molecule has 1 unspecified atom stereocenters. The Hall–Kier alpha value is -1.36. The van der Waals surface area contributed by atoms with E-state index in [1.54, 1.807) is 0 Å². The highest BCUT2D eigenvalue weighted by atomic mass is 16.3. The van der Waals surface area contributed by atoms with Gasteiger partial charge in [0.1, 0.15) is 11.3 Å². The van der Waals surface area contributed by atoms with Gasteiger partial charge in [-0.25, -0.2) is 0 Å². The quantitative estimate of drug-likeness (QED) is 0.938. The molecule has 21 heavy (non-hydrogen) atoms. The highest BCUT2D eigenvalue weighted by molar-refractivity contribution is 5.82. The van der Waals surface area contributed by atoms with Crippen LogP contribution in [0, 0.1) is 0 Å². The van der Waals surface area contributed by atoms with Gasteiger partial charge >= 0.3 is 0 Å². The summed E-state index contributed by atoms with van der Waals surface area (Å²) in [6.07, 6.45) is 1.19. The molecule has 0 spiro atoms. The minimum Gasteiger partial charge on any atom is -0.459 e. The van der Waals surface area contributed by atoms with Crippen LogP contribution in [-0.2, 0) is 13.1 Å². The molecule has 4 heteroatoms. The van der Waals surface area contributed by atoms with Crippen LogP contribution < -0.4 is 5.73 Å². The fourth-order valence-corrected chi connectivity index (χ4v) is 3.30. The second-order valence-electron chi connectivity index (χ2n) is 5.98. The lowest BCUT2D eigenvalue weighted by Crippen LogP contribution is -2.50. The van der Waals surface area contributed by atoms with Gasteiger partial charge in [-0.15, -0.1) is 0 Å². The molecule has 0 bridgehead atoms. The van der Waals surface area contributed by atoms with Crippen molar-refractivity contribution >= 4 is 11.0 Å². The number of piperazine rings is 1. The second-order valence-corrected chi connectivity index (χ2v) is 5.98. The van der Waals surface area contributed by atoms with Crippen LogP contribution in [0.1, 0.15) is 24.7 Å². The molecule has 2 N–H and O–H groups in total. The number of hydrogen-bond acceptors (Lipinski definition) is 4. The van der Waals surface area contributed by atoms with E-state index in [2.05, 4.69) is 29.8 Å². The zero-order valence-electron chi connectivity index (χ0n) is 13.0. The van der Waals surface area contributed by atoms with Gasteiger partial charge in [-0.1, -0.05) is 25.1 Å². The third-order valence-corrected chi connectivity index (χ3v) is 4.69. The van der Waals surface area contributed by atoms with Crippen molar-refractivity contribution in [2.45, 2.75) is 32.5 Å². The number of rotatable bonds is 4. The van der Waals surface area contributed by atoms with Gasteiger partial charge in [0.05, 0.1) is 6.54 Å². The maximum atomic E-state index is 6.05. The van der Waals surface area contributed by atoms with Gasteiger partial charge < -0.3 is 15.1 Å². The van der Waals surface area contributed by atoms with Gasteiger partial charge in [-0.2, -0.15) is 0 Å². The summed E-state index contributed by atoms with van der Waals surface area (Å²) in [5.41, 5.74) is 8.07. The summed E-state index contributed by atoms with van der Waals surface area (Å²) >= 11 is 0. The Balaban J connectivity index is 1.81. The molecule has 0 radical (unpaired) electrons. The van der Waals surface area contributed by atoms with Gasteiger partial charge in [-0.05, 0) is 19.5 Å². The van der Waals surface area contributed by atoms with Gasteiger partial charge in [0, 0.05) is 43.2 Å². The van der Waals surface area contributed by atoms with E-state index in [0.29, 0.717) is 12.6 Å². The van der Waals surface area contributed by atoms with Crippen LogP contribution in [0.25, 0.3) is 11.0 Å². The van der Waals surface area contributed by atoms with E-state index in [1.807, 2.05) is 18.2 Å². The van der Waals surface area contributed by atoms with Crippen molar-refractivity contribution in [2.75, 3.05) is 26.7 Å². The minimum atomic E-state index is 0.539. The van der Waals surface area contributed by atoms with Crippen LogP contribution in [-0.4, -0.2) is 42.5 Å². The first kappa shape index (κ1) is 14.6. The molecule has 1 atom stereocenters. The van der Waals surface area contributed by atoms with Crippen LogP contribution in [0.3, 0.4) is 0 Å². The molecule has 1 saturated heterocycles. The highest BCUT2D eigenvalue weighted by Crippen LogP contribution is 2.27. The SMILES string of the molecule is CCC1CN(Cc2oc3ccccc3c2CN)CCN1C. The van der Waals surface area contributed by atoms with Crippen LogP contribution in [0.2, 0.25) is 0 Å². The summed E-state index contributed by atoms with van der Waals surface area (Å²) < 4.78 is 6.05. The zero-order valence-corrected chi connectivity index (χ0v) is 13.0. The molecule has 1 aliphatic heterocycles. The van der Waals surface area contributed by atoms with E-state index in [9.17, 15) is 0 Å². The summed E-state index contributed by atoms with van der Waals surface area (Å²) in [4.78, 5) is 4.95. The van der Waals surface area contributed by atoms with Gasteiger partial charge in [0.15, 0.2) is 0 Å². The molecule has 1 aliphatic rings. The molecule has 2 heterocycles. The second kappa shape index (κ2) is 6.18. The normalized spacial score (nSPS) is 21.2. The average molecular weight is 287 g/mol. The summed E-state index contributed by atoms with van der Waals surface area (Å²) in [7, 11) is 2.22. The monoisotopic (exact) mass is 287 g/mol. The maximum Gasteiger partial charge on any atom is 0.134 e. The van der Waals surface area contributed by atoms with E-state index in [0.717, 1.165) is 48.5 Å². The zero-order chi connectivity index (χ0) is 14.8. The van der Waals surface area contributed by atoms with Crippen molar-refractivity contribution < 1.29 is 4.42 Å². The third-order valence-electron chi connectivity index (χ3n) is 4.69. The first-order chi connectivity index (χ1) is 10.2. The van der Waals surface area contributed by atoms with E-state index >= 15 is 0 Å². The molecular formula is C17H25N3O. The molecule has 1 fully saturated rings. The maximum absolute atomic E-state index is 6.05. The smallest absolute Gasteiger partial charge is 0.134 e. The van der Waals surface area contributed by atoms with E-state index in [-0.39, 0.29) is 0 Å². The van der Waals surface area contributed by atoms with Gasteiger partial charge in [0.25, 0.3) is 0 Å². The third kappa shape index (κ3) is 2.84. The number of furan rings is 1. The van der Waals surface area contributed by atoms with Gasteiger partial charge in [-0.3, -0.25) is 4.90 Å². The Morgan fingerprint density at radius 3 is 2.86 bits per heavy atom. The lowest BCUT2D eigenvalue weighted by Gasteiger charge is -2.38. The molecule has 0 saturated carbocycles. The Morgan fingerprint density at radius 2 is 2.10 bits per heavy atom. The summed E-state index contributed by atoms with van der Waals surface area (Å²) in [6.45, 7) is 6.98. The first-order valence-electron chi connectivity index (χ1n) is 7.84. The molecule has 1 aromatic heterocycles. The van der Waals surface area contributed by atoms with Gasteiger partial charge in [0.2, 0.25) is 0 Å². The molecule has 0 aliphatic carbocycles. The molecule has 4 nitrogen and oxygen atoms in total. The summed E-state index contributed by atoms with van der Waals surface area (Å²) in [6, 6.07) is 8.83. The van der Waals surface area contributed by atoms with E-state index in [1.165, 1.54) is 6.42 Å². The Morgan fingerprint density at radius 1 is 1.29 bits per heavy atom. The fraction of sp³-hybridized carbons (Fsp3) is 0.529. The first-order valence-corrected chi connectivity index (χ1v) is 7.84. The Kier molecular flexibility index (Phi) is 4.29. The Labute approximate surface area is 126 Å². The predicted octanol–water partition coefficient (Wildman–Crippen LogP) is 2.42. The highest BCUT2D eigenvalue weighted by Gasteiger charge is 2.24. The van der Waals surface area contributed by atoms with Crippen LogP contribution in [0.5, 0.6) is 0 Å². The number of hydrogen-bond donors (Lipinski definition) is 1. The van der Waals surface area contributed by atoms with Crippen LogP contribution >= 0.6 is 0 Å². The van der Waals surface area contributed by atoms with Crippen molar-refractivity contribution in [3.05, 3.63) is 35.6 Å². The van der Waals surface area contributed by atoms with Crippen LogP contribution in [0.4, 0.5) is 0 Å². The average Bonchev–Trinajstić information content (AvgIpc) is 2.86. The fourth-order valence-electron chi connectivity index (χ4n) is 3.30. The predicted molar refractivity (Wildman–Crippen MR) is 86.1 cm³/mol. The topological polar surface area (TPSA) is 45.6 Å². The number of likely N-dealkylation sites (N-methyl/N-ethyl adjacent to an activating group) is 1. The largest absolute Gasteiger partial charge is 0.459 e. The van der Waals surface area contributed by atoms with Crippen LogP contribution in [0.15, 0.2) is 28.7 Å². The Bertz CT molecular complexity index is 607. The number of para-hydroxylation sites is 1. The molecule has 0 amide bonds. The summed E-state index contributed by atoms with van der Waals surface area (Å²) in [5, 5.41) is 1.16. The molecule has 3 rings (SSSR count). The minimum absolute atomic E-state index is 0.539. The molecular weight excluding hydrogens is 262 g/mol. The number of nitrogens with two attached hydrogens (primary N) is 1. The summed E-state index contributed by atoms with van der Waals surface area (Å²) in [5.74, 6) is 1.04. The molecule has 114 valence electrons. The van der Waals surface area contributed by atoms with E-state index in [4.69, 9.17) is 10.2 Å². The lowest BCUT2D eigenvalue weighted by molar-refractivity contribution is 0.0837. The molecule has 2 aromatic rings. The standard InChI is InChI=1S/C17H25N3O/c1-3-13-11-20(9-8-19(13)2)12-17-15(10-18)14-6-4-5-7-16(14)21-17/h4-7,13H,3,8-12,18H2,1-2H3. The number of benzene rings is 1. The van der Waals surface area contributed by atoms with Crippen molar-refractivity contribution in [1.29, 1.82) is 0 Å². The molecule has 1 aromatic carbocycles. The van der Waals surface area contributed by atoms with Crippen molar-refractivity contribution in [1.82, 2.24) is 9.80 Å². The number of nitrogens with zero attached hydrogens (tertiary/aromatic N) is 2. The van der Waals surface area contributed by atoms with Crippen molar-refractivity contribution in [3.63, 3.8) is 0 Å². The lowest BCUT2D eigenvalue weighted by atomic mass is 10.1. The van der Waals surface area contributed by atoms with Crippen molar-refractivity contribution in [3.8, 4) is 0 Å².